The molecule has 1 aromatic heterocycles. The maximum atomic E-state index is 13.7. The van der Waals surface area contributed by atoms with Crippen LogP contribution in [0.4, 0.5) is 0 Å². The molecule has 7 nitrogen and oxygen atoms in total. The number of fused-ring (bicyclic) bond motifs is 7. The molecule has 0 radical (unpaired) electrons. The van der Waals surface area contributed by atoms with E-state index >= 15 is 0 Å². The Balaban J connectivity index is 1.76. The van der Waals surface area contributed by atoms with Gasteiger partial charge in [-0.15, -0.1) is 0 Å². The first kappa shape index (κ1) is 19.5. The van der Waals surface area contributed by atoms with Gasteiger partial charge in [0.05, 0.1) is 31.9 Å². The first-order valence-electron chi connectivity index (χ1n) is 10.3. The molecule has 5 rings (SSSR count). The molecule has 7 heteroatoms. The molecular formula is C24H24N2O5. The number of rotatable bonds is 4. The molecule has 0 saturated carbocycles. The number of aromatic amines is 1. The summed E-state index contributed by atoms with van der Waals surface area (Å²) < 4.78 is 16.5. The molecule has 2 aliphatic heterocycles. The number of esters is 1. The number of hydrogen-bond donors (Lipinski definition) is 1. The molecule has 1 amide bonds. The van der Waals surface area contributed by atoms with Crippen LogP contribution in [0.1, 0.15) is 47.1 Å². The van der Waals surface area contributed by atoms with E-state index in [2.05, 4.69) is 4.98 Å². The Morgan fingerprint density at radius 3 is 2.61 bits per heavy atom. The molecule has 160 valence electrons. The largest absolute Gasteiger partial charge is 0.493 e. The van der Waals surface area contributed by atoms with Crippen molar-refractivity contribution in [2.75, 3.05) is 14.2 Å². The number of H-pyrrole nitrogens is 1. The number of benzene rings is 2. The lowest BCUT2D eigenvalue weighted by Gasteiger charge is -2.36. The van der Waals surface area contributed by atoms with Crippen molar-refractivity contribution in [1.82, 2.24) is 9.88 Å². The van der Waals surface area contributed by atoms with E-state index in [1.807, 2.05) is 44.2 Å². The fourth-order valence-corrected chi connectivity index (χ4v) is 4.88. The SMILES string of the molecule is COc1ccc2c(c1OC)C(=O)N1[C@H]2c2[nH]c3ccccc3c2C[C@H]1C(=O)OC(C)C. The number of hydrogen-bond acceptors (Lipinski definition) is 5. The Morgan fingerprint density at radius 1 is 1.13 bits per heavy atom. The zero-order valence-corrected chi connectivity index (χ0v) is 17.9. The topological polar surface area (TPSA) is 80.9 Å². The molecule has 0 spiro atoms. The summed E-state index contributed by atoms with van der Waals surface area (Å²) >= 11 is 0. The summed E-state index contributed by atoms with van der Waals surface area (Å²) in [6.45, 7) is 3.62. The van der Waals surface area contributed by atoms with Gasteiger partial charge in [-0.25, -0.2) is 4.79 Å². The summed E-state index contributed by atoms with van der Waals surface area (Å²) in [7, 11) is 3.05. The highest BCUT2D eigenvalue weighted by atomic mass is 16.5. The van der Waals surface area contributed by atoms with E-state index in [9.17, 15) is 9.59 Å². The van der Waals surface area contributed by atoms with Crippen LogP contribution in [-0.2, 0) is 16.0 Å². The van der Waals surface area contributed by atoms with Gasteiger partial charge < -0.3 is 24.1 Å². The Morgan fingerprint density at radius 2 is 1.90 bits per heavy atom. The number of nitrogens with zero attached hydrogens (tertiary/aromatic N) is 1. The van der Waals surface area contributed by atoms with Gasteiger partial charge in [0.25, 0.3) is 5.91 Å². The van der Waals surface area contributed by atoms with E-state index in [1.54, 1.807) is 11.0 Å². The predicted octanol–water partition coefficient (Wildman–Crippen LogP) is 3.61. The highest BCUT2D eigenvalue weighted by Gasteiger charge is 2.51. The Bertz CT molecular complexity index is 1210. The van der Waals surface area contributed by atoms with Crippen molar-refractivity contribution in [2.45, 2.75) is 38.5 Å². The number of ether oxygens (including phenoxy) is 3. The monoisotopic (exact) mass is 420 g/mol. The average molecular weight is 420 g/mol. The second-order valence-electron chi connectivity index (χ2n) is 8.15. The fourth-order valence-electron chi connectivity index (χ4n) is 4.88. The lowest BCUT2D eigenvalue weighted by atomic mass is 9.90. The first-order valence-corrected chi connectivity index (χ1v) is 10.3. The van der Waals surface area contributed by atoms with E-state index in [-0.39, 0.29) is 12.0 Å². The minimum Gasteiger partial charge on any atom is -0.493 e. The van der Waals surface area contributed by atoms with Gasteiger partial charge in [0.15, 0.2) is 11.5 Å². The molecule has 0 saturated heterocycles. The third-order valence-electron chi connectivity index (χ3n) is 6.08. The van der Waals surface area contributed by atoms with Gasteiger partial charge in [0, 0.05) is 23.0 Å². The molecule has 3 aromatic rings. The van der Waals surface area contributed by atoms with Crippen molar-refractivity contribution in [1.29, 1.82) is 0 Å². The molecule has 31 heavy (non-hydrogen) atoms. The highest BCUT2D eigenvalue weighted by Crippen LogP contribution is 2.50. The number of amides is 1. The molecule has 2 atom stereocenters. The van der Waals surface area contributed by atoms with E-state index < -0.39 is 18.1 Å². The molecule has 2 aliphatic rings. The van der Waals surface area contributed by atoms with E-state index in [0.717, 1.165) is 27.7 Å². The summed E-state index contributed by atoms with van der Waals surface area (Å²) in [5.74, 6) is 0.203. The first-order chi connectivity index (χ1) is 15.0. The van der Waals surface area contributed by atoms with Gasteiger partial charge in [-0.1, -0.05) is 24.3 Å². The Labute approximate surface area is 179 Å². The number of methoxy groups -OCH3 is 2. The van der Waals surface area contributed by atoms with Crippen LogP contribution in [0, 0.1) is 0 Å². The number of carbonyl (C=O) groups excluding carboxylic acids is 2. The molecule has 0 aliphatic carbocycles. The summed E-state index contributed by atoms with van der Waals surface area (Å²) in [5, 5.41) is 1.06. The normalized spacial score (nSPS) is 19.3. The van der Waals surface area contributed by atoms with Crippen LogP contribution in [0.3, 0.4) is 0 Å². The number of nitrogens with one attached hydrogen (secondary N) is 1. The van der Waals surface area contributed by atoms with Crippen LogP contribution >= 0.6 is 0 Å². The maximum absolute atomic E-state index is 13.7. The zero-order valence-electron chi connectivity index (χ0n) is 17.9. The fraction of sp³-hybridized carbons (Fsp3) is 0.333. The Hall–Kier alpha value is -3.48. The van der Waals surface area contributed by atoms with Gasteiger partial charge in [0.1, 0.15) is 6.04 Å². The van der Waals surface area contributed by atoms with Crippen LogP contribution in [0.15, 0.2) is 36.4 Å². The van der Waals surface area contributed by atoms with Crippen molar-refractivity contribution in [2.24, 2.45) is 0 Å². The van der Waals surface area contributed by atoms with E-state index in [4.69, 9.17) is 14.2 Å². The van der Waals surface area contributed by atoms with Crippen LogP contribution in [0.5, 0.6) is 11.5 Å². The summed E-state index contributed by atoms with van der Waals surface area (Å²) in [5.41, 5.74) is 4.16. The summed E-state index contributed by atoms with van der Waals surface area (Å²) in [4.78, 5) is 31.9. The number of carbonyl (C=O) groups is 2. The number of para-hydroxylation sites is 1. The second kappa shape index (κ2) is 7.04. The van der Waals surface area contributed by atoms with Gasteiger partial charge in [-0.3, -0.25) is 4.79 Å². The van der Waals surface area contributed by atoms with Gasteiger partial charge in [-0.05, 0) is 37.1 Å². The average Bonchev–Trinajstić information content (AvgIpc) is 3.27. The standard InChI is InChI=1S/C24H24N2O5/c1-12(2)31-24(28)17-11-15-13-7-5-6-8-16(13)25-20(15)21-14-9-10-18(29-3)22(30-4)19(14)23(27)26(17)21/h5-10,12,17,21,25H,11H2,1-4H3/t17-,21+/m0/s1. The zero-order chi connectivity index (χ0) is 21.9. The smallest absolute Gasteiger partial charge is 0.329 e. The van der Waals surface area contributed by atoms with Gasteiger partial charge >= 0.3 is 5.97 Å². The maximum Gasteiger partial charge on any atom is 0.329 e. The molecule has 0 bridgehead atoms. The quantitative estimate of drug-likeness (QED) is 0.652. The third kappa shape index (κ3) is 2.72. The minimum absolute atomic E-state index is 0.259. The van der Waals surface area contributed by atoms with Crippen molar-refractivity contribution < 1.29 is 23.8 Å². The van der Waals surface area contributed by atoms with E-state index in [0.29, 0.717) is 23.5 Å². The molecule has 0 unspecified atom stereocenters. The Kier molecular flexibility index (Phi) is 4.43. The van der Waals surface area contributed by atoms with Crippen molar-refractivity contribution in [3.63, 3.8) is 0 Å². The van der Waals surface area contributed by atoms with E-state index in [1.165, 1.54) is 14.2 Å². The van der Waals surface area contributed by atoms with Gasteiger partial charge in [-0.2, -0.15) is 0 Å². The van der Waals surface area contributed by atoms with Crippen molar-refractivity contribution >= 4 is 22.8 Å². The third-order valence-corrected chi connectivity index (χ3v) is 6.08. The highest BCUT2D eigenvalue weighted by molar-refractivity contribution is 6.06. The molecular weight excluding hydrogens is 396 g/mol. The lowest BCUT2D eigenvalue weighted by Crippen LogP contribution is -2.49. The van der Waals surface area contributed by atoms with Crippen molar-refractivity contribution in [3.05, 3.63) is 58.8 Å². The number of aromatic nitrogens is 1. The second-order valence-corrected chi connectivity index (χ2v) is 8.15. The van der Waals surface area contributed by atoms with Crippen molar-refractivity contribution in [3.8, 4) is 11.5 Å². The summed E-state index contributed by atoms with van der Waals surface area (Å²) in [6, 6.07) is 10.5. The molecule has 1 N–H and O–H groups in total. The van der Waals surface area contributed by atoms with Crippen LogP contribution in [0.25, 0.3) is 10.9 Å². The van der Waals surface area contributed by atoms with Crippen LogP contribution in [0.2, 0.25) is 0 Å². The minimum atomic E-state index is -0.727. The lowest BCUT2D eigenvalue weighted by molar-refractivity contribution is -0.153. The molecule has 0 fully saturated rings. The van der Waals surface area contributed by atoms with Crippen LogP contribution < -0.4 is 9.47 Å². The van der Waals surface area contributed by atoms with Crippen LogP contribution in [-0.4, -0.2) is 48.1 Å². The predicted molar refractivity (Wildman–Crippen MR) is 115 cm³/mol. The molecule has 2 aromatic carbocycles. The summed E-state index contributed by atoms with van der Waals surface area (Å²) in [6.07, 6.45) is 0.116. The van der Waals surface area contributed by atoms with Gasteiger partial charge in [0.2, 0.25) is 0 Å². The molecule has 3 heterocycles.